The van der Waals surface area contributed by atoms with E-state index in [4.69, 9.17) is 0 Å². The van der Waals surface area contributed by atoms with Gasteiger partial charge in [-0.25, -0.2) is 4.79 Å². The smallest absolute Gasteiger partial charge is 0.316 e. The lowest BCUT2D eigenvalue weighted by molar-refractivity contribution is 0.206. The first-order chi connectivity index (χ1) is 20.3. The van der Waals surface area contributed by atoms with Crippen LogP contribution in [0.4, 0.5) is 10.5 Å². The first kappa shape index (κ1) is 29.5. The third-order valence-corrected chi connectivity index (χ3v) is 8.20. The summed E-state index contributed by atoms with van der Waals surface area (Å²) in [6.07, 6.45) is 10.3. The first-order valence-corrected chi connectivity index (χ1v) is 15.3. The molecule has 3 aromatic carbocycles. The molecule has 5 nitrogen and oxygen atoms in total. The molecule has 0 bridgehead atoms. The Kier molecular flexibility index (Phi) is 9.70. The Morgan fingerprint density at radius 1 is 0.786 bits per heavy atom. The summed E-state index contributed by atoms with van der Waals surface area (Å²) >= 11 is 0. The van der Waals surface area contributed by atoms with Gasteiger partial charge in [0.05, 0.1) is 0 Å². The van der Waals surface area contributed by atoms with Crippen LogP contribution in [0.15, 0.2) is 97.3 Å². The Balaban J connectivity index is 1.23. The third kappa shape index (κ3) is 8.29. The van der Waals surface area contributed by atoms with Gasteiger partial charge in [0.1, 0.15) is 0 Å². The van der Waals surface area contributed by atoms with Crippen molar-refractivity contribution >= 4 is 11.7 Å². The van der Waals surface area contributed by atoms with E-state index in [0.717, 1.165) is 23.4 Å². The highest BCUT2D eigenvalue weighted by atomic mass is 16.2. The van der Waals surface area contributed by atoms with E-state index in [9.17, 15) is 4.79 Å². The molecule has 0 atom stereocenters. The van der Waals surface area contributed by atoms with Gasteiger partial charge in [0.2, 0.25) is 0 Å². The van der Waals surface area contributed by atoms with Crippen LogP contribution < -0.4 is 10.6 Å². The maximum absolute atomic E-state index is 13.5. The Bertz CT molecular complexity index is 1400. The number of urea groups is 1. The van der Waals surface area contributed by atoms with E-state index < -0.39 is 0 Å². The molecule has 1 aliphatic carbocycles. The highest BCUT2D eigenvalue weighted by Crippen LogP contribution is 2.25. The van der Waals surface area contributed by atoms with Crippen LogP contribution in [0, 0.1) is 0 Å². The van der Waals surface area contributed by atoms with Crippen molar-refractivity contribution in [3.63, 3.8) is 0 Å². The van der Waals surface area contributed by atoms with E-state index in [2.05, 4.69) is 97.1 Å². The van der Waals surface area contributed by atoms with Gasteiger partial charge in [-0.05, 0) is 69.8 Å². The summed E-state index contributed by atoms with van der Waals surface area (Å²) in [5.41, 5.74) is 7.86. The molecule has 1 aromatic heterocycles. The fourth-order valence-corrected chi connectivity index (χ4v) is 5.57. The van der Waals surface area contributed by atoms with Gasteiger partial charge in [0, 0.05) is 43.8 Å². The second-order valence-corrected chi connectivity index (χ2v) is 12.6. The van der Waals surface area contributed by atoms with Crippen molar-refractivity contribution in [2.24, 2.45) is 0 Å². The molecule has 1 heterocycles. The van der Waals surface area contributed by atoms with Crippen molar-refractivity contribution in [3.05, 3.63) is 120 Å². The quantitative estimate of drug-likeness (QED) is 0.215. The standard InChI is InChI=1S/C37H44N4O/c1-37(2,3)33-19-21-35(22-20-33)40-36(42)41(27-30-8-7-23-38-24-30)26-29-13-17-32(18-14-29)31-15-11-28(12-16-31)25-39-34-9-5-4-6-10-34/h7-8,11-24,34,39H,4-6,9-10,25-27H2,1-3H3,(H,40,42). The van der Waals surface area contributed by atoms with Crippen molar-refractivity contribution in [3.8, 4) is 11.1 Å². The monoisotopic (exact) mass is 560 g/mol. The van der Waals surface area contributed by atoms with Crippen LogP contribution in [0.25, 0.3) is 11.1 Å². The summed E-state index contributed by atoms with van der Waals surface area (Å²) in [6.45, 7) is 8.46. The second-order valence-electron chi connectivity index (χ2n) is 12.6. The highest BCUT2D eigenvalue weighted by molar-refractivity contribution is 5.89. The number of nitrogens with one attached hydrogen (secondary N) is 2. The van der Waals surface area contributed by atoms with Crippen molar-refractivity contribution in [2.45, 2.75) is 84.0 Å². The van der Waals surface area contributed by atoms with Crippen LogP contribution in [0.2, 0.25) is 0 Å². The zero-order valence-electron chi connectivity index (χ0n) is 25.3. The molecule has 1 fully saturated rings. The molecule has 5 rings (SSSR count). The zero-order valence-corrected chi connectivity index (χ0v) is 25.3. The van der Waals surface area contributed by atoms with Gasteiger partial charge < -0.3 is 15.5 Å². The average molecular weight is 561 g/mol. The van der Waals surface area contributed by atoms with Gasteiger partial charge >= 0.3 is 6.03 Å². The highest BCUT2D eigenvalue weighted by Gasteiger charge is 2.17. The van der Waals surface area contributed by atoms with Crippen LogP contribution in [0.1, 0.15) is 75.1 Å². The average Bonchev–Trinajstić information content (AvgIpc) is 3.01. The molecule has 0 unspecified atom stereocenters. The number of aromatic nitrogens is 1. The minimum absolute atomic E-state index is 0.0643. The fourth-order valence-electron chi connectivity index (χ4n) is 5.57. The van der Waals surface area contributed by atoms with Crippen LogP contribution in [-0.4, -0.2) is 22.0 Å². The molecule has 4 aromatic rings. The predicted octanol–water partition coefficient (Wildman–Crippen LogP) is 8.70. The van der Waals surface area contributed by atoms with E-state index in [0.29, 0.717) is 19.1 Å². The second kappa shape index (κ2) is 13.8. The molecule has 1 saturated carbocycles. The predicted molar refractivity (Wildman–Crippen MR) is 173 cm³/mol. The summed E-state index contributed by atoms with van der Waals surface area (Å²) in [5, 5.41) is 6.83. The van der Waals surface area contributed by atoms with Crippen molar-refractivity contribution < 1.29 is 4.79 Å². The maximum Gasteiger partial charge on any atom is 0.322 e. The molecule has 0 aliphatic heterocycles. The minimum Gasteiger partial charge on any atom is -0.316 e. The summed E-state index contributed by atoms with van der Waals surface area (Å²) in [7, 11) is 0. The Morgan fingerprint density at radius 3 is 2.00 bits per heavy atom. The largest absolute Gasteiger partial charge is 0.322 e. The normalized spacial score (nSPS) is 14.0. The number of amides is 2. The van der Waals surface area contributed by atoms with E-state index in [1.807, 2.05) is 35.4 Å². The number of anilines is 1. The van der Waals surface area contributed by atoms with Gasteiger partial charge in [0.15, 0.2) is 0 Å². The number of carbonyl (C=O) groups excluding carboxylic acids is 1. The lowest BCUT2D eigenvalue weighted by Crippen LogP contribution is -2.34. The van der Waals surface area contributed by atoms with Crippen molar-refractivity contribution in [1.82, 2.24) is 15.2 Å². The number of hydrogen-bond acceptors (Lipinski definition) is 3. The van der Waals surface area contributed by atoms with Crippen LogP contribution in [0.5, 0.6) is 0 Å². The molecular formula is C37H44N4O. The van der Waals surface area contributed by atoms with Crippen LogP contribution >= 0.6 is 0 Å². The summed E-state index contributed by atoms with van der Waals surface area (Å²) in [5.74, 6) is 0. The van der Waals surface area contributed by atoms with Gasteiger partial charge in [0.25, 0.3) is 0 Å². The lowest BCUT2D eigenvalue weighted by Gasteiger charge is -2.24. The number of nitrogens with zero attached hydrogens (tertiary/aromatic N) is 2. The molecule has 2 N–H and O–H groups in total. The molecule has 5 heteroatoms. The van der Waals surface area contributed by atoms with Gasteiger partial charge in [-0.2, -0.15) is 0 Å². The molecule has 1 aliphatic rings. The number of carbonyl (C=O) groups is 1. The summed E-state index contributed by atoms with van der Waals surface area (Å²) in [4.78, 5) is 19.5. The van der Waals surface area contributed by atoms with Gasteiger partial charge in [-0.15, -0.1) is 0 Å². The zero-order chi connectivity index (χ0) is 29.4. The summed E-state index contributed by atoms with van der Waals surface area (Å²) in [6, 6.07) is 30.0. The molecular weight excluding hydrogens is 516 g/mol. The SMILES string of the molecule is CC(C)(C)c1ccc(NC(=O)N(Cc2ccc(-c3ccc(CNC4CCCCC4)cc3)cc2)Cc2cccnc2)cc1. The summed E-state index contributed by atoms with van der Waals surface area (Å²) < 4.78 is 0. The maximum atomic E-state index is 13.5. The van der Waals surface area contributed by atoms with E-state index >= 15 is 0 Å². The lowest BCUT2D eigenvalue weighted by atomic mass is 9.87. The van der Waals surface area contributed by atoms with Crippen molar-refractivity contribution in [2.75, 3.05) is 5.32 Å². The van der Waals surface area contributed by atoms with Crippen LogP contribution in [0.3, 0.4) is 0 Å². The Labute approximate surface area is 251 Å². The minimum atomic E-state index is -0.135. The molecule has 0 saturated heterocycles. The van der Waals surface area contributed by atoms with E-state index in [1.54, 1.807) is 6.20 Å². The number of benzene rings is 3. The third-order valence-electron chi connectivity index (χ3n) is 8.20. The molecule has 218 valence electrons. The number of pyridine rings is 1. The van der Waals surface area contributed by atoms with Crippen LogP contribution in [-0.2, 0) is 25.0 Å². The first-order valence-electron chi connectivity index (χ1n) is 15.3. The molecule has 2 amide bonds. The van der Waals surface area contributed by atoms with Crippen molar-refractivity contribution in [1.29, 1.82) is 0 Å². The number of rotatable bonds is 9. The molecule has 0 spiro atoms. The molecule has 0 radical (unpaired) electrons. The van der Waals surface area contributed by atoms with E-state index in [1.165, 1.54) is 54.4 Å². The molecule has 42 heavy (non-hydrogen) atoms. The van der Waals surface area contributed by atoms with Gasteiger partial charge in [-0.3, -0.25) is 4.98 Å². The van der Waals surface area contributed by atoms with Gasteiger partial charge in [-0.1, -0.05) is 107 Å². The number of hydrogen-bond donors (Lipinski definition) is 2. The Hall–Kier alpha value is -3.96. The topological polar surface area (TPSA) is 57.3 Å². The Morgan fingerprint density at radius 2 is 1.40 bits per heavy atom. The van der Waals surface area contributed by atoms with E-state index in [-0.39, 0.29) is 11.4 Å². The fraction of sp³-hybridized carbons (Fsp3) is 0.351.